The van der Waals surface area contributed by atoms with E-state index in [0.29, 0.717) is 21.8 Å². The smallest absolute Gasteiger partial charge is 0.241 e. The molecular weight excluding hydrogens is 382 g/mol. The first-order valence-corrected chi connectivity index (χ1v) is 10.6. The van der Waals surface area contributed by atoms with Gasteiger partial charge in [-0.2, -0.15) is 23.5 Å². The number of halogens is 1. The van der Waals surface area contributed by atoms with Gasteiger partial charge in [-0.05, 0) is 33.6 Å². The van der Waals surface area contributed by atoms with E-state index in [1.807, 2.05) is 23.5 Å². The van der Waals surface area contributed by atoms with E-state index in [9.17, 15) is 8.42 Å². The van der Waals surface area contributed by atoms with Crippen molar-refractivity contribution >= 4 is 49.5 Å². The van der Waals surface area contributed by atoms with Crippen molar-refractivity contribution in [2.24, 2.45) is 0 Å². The van der Waals surface area contributed by atoms with Crippen LogP contribution in [0.1, 0.15) is 5.56 Å². The first kappa shape index (κ1) is 16.6. The van der Waals surface area contributed by atoms with Gasteiger partial charge in [0.25, 0.3) is 0 Å². The molecule has 0 aliphatic carbocycles. The van der Waals surface area contributed by atoms with E-state index in [0.717, 1.165) is 17.3 Å². The highest BCUT2D eigenvalue weighted by molar-refractivity contribution is 9.10. The maximum Gasteiger partial charge on any atom is 0.241 e. The number of hydrogen-bond acceptors (Lipinski definition) is 5. The Bertz CT molecular complexity index is 559. The lowest BCUT2D eigenvalue weighted by Crippen LogP contribution is -2.33. The molecule has 1 aromatic carbocycles. The minimum atomic E-state index is -3.52. The summed E-state index contributed by atoms with van der Waals surface area (Å²) in [7, 11) is -3.52. The summed E-state index contributed by atoms with van der Waals surface area (Å²) >= 11 is 6.93. The molecule has 0 aromatic heterocycles. The molecule has 0 bridgehead atoms. The molecule has 1 saturated heterocycles. The third kappa shape index (κ3) is 4.38. The fourth-order valence-corrected chi connectivity index (χ4v) is 6.72. The van der Waals surface area contributed by atoms with Crippen LogP contribution in [0, 0.1) is 0 Å². The molecule has 1 aliphatic heterocycles. The number of aliphatic hydroxyl groups is 1. The molecule has 0 amide bonds. The van der Waals surface area contributed by atoms with Crippen LogP contribution < -0.4 is 4.72 Å². The summed E-state index contributed by atoms with van der Waals surface area (Å²) in [5, 5.41) is 9.37. The van der Waals surface area contributed by atoms with Crippen LogP contribution in [0.3, 0.4) is 0 Å². The van der Waals surface area contributed by atoms with Gasteiger partial charge in [0.2, 0.25) is 10.0 Å². The van der Waals surface area contributed by atoms with Crippen molar-refractivity contribution in [1.82, 2.24) is 4.72 Å². The molecule has 1 unspecified atom stereocenters. The largest absolute Gasteiger partial charge is 0.392 e. The average Bonchev–Trinajstić information content (AvgIpc) is 2.46. The summed E-state index contributed by atoms with van der Waals surface area (Å²) in [4.78, 5) is 0.211. The van der Waals surface area contributed by atoms with Gasteiger partial charge >= 0.3 is 0 Å². The molecule has 1 atom stereocenters. The molecule has 1 aromatic rings. The van der Waals surface area contributed by atoms with Crippen molar-refractivity contribution in [3.05, 3.63) is 28.2 Å². The monoisotopic (exact) mass is 397 g/mol. The topological polar surface area (TPSA) is 66.4 Å². The molecule has 2 rings (SSSR count). The average molecular weight is 398 g/mol. The number of nitrogens with one attached hydrogen (secondary N) is 1. The van der Waals surface area contributed by atoms with Gasteiger partial charge in [0.15, 0.2) is 0 Å². The van der Waals surface area contributed by atoms with E-state index in [2.05, 4.69) is 20.7 Å². The first-order valence-electron chi connectivity index (χ1n) is 6.11. The zero-order valence-corrected chi connectivity index (χ0v) is 14.7. The first-order chi connectivity index (χ1) is 9.53. The van der Waals surface area contributed by atoms with Crippen molar-refractivity contribution in [3.8, 4) is 0 Å². The Kier molecular flexibility index (Phi) is 6.25. The zero-order chi connectivity index (χ0) is 14.6. The van der Waals surface area contributed by atoms with Crippen LogP contribution in [0.25, 0.3) is 0 Å². The van der Waals surface area contributed by atoms with Crippen molar-refractivity contribution < 1.29 is 13.5 Å². The second-order valence-corrected chi connectivity index (χ2v) is 9.49. The highest BCUT2D eigenvalue weighted by atomic mass is 79.9. The fraction of sp³-hybridized carbons (Fsp3) is 0.500. The van der Waals surface area contributed by atoms with Gasteiger partial charge in [0, 0.05) is 33.5 Å². The third-order valence-electron chi connectivity index (χ3n) is 2.85. The third-order valence-corrected chi connectivity index (χ3v) is 8.10. The van der Waals surface area contributed by atoms with E-state index in [4.69, 9.17) is 5.11 Å². The van der Waals surface area contributed by atoms with Crippen LogP contribution in [0.5, 0.6) is 0 Å². The Hall–Kier alpha value is 0.270. The Morgan fingerprint density at radius 2 is 2.20 bits per heavy atom. The molecule has 0 spiro atoms. The molecule has 2 N–H and O–H groups in total. The van der Waals surface area contributed by atoms with Crippen molar-refractivity contribution in [2.75, 3.05) is 23.8 Å². The van der Waals surface area contributed by atoms with Crippen molar-refractivity contribution in [1.29, 1.82) is 0 Å². The van der Waals surface area contributed by atoms with Crippen molar-refractivity contribution in [3.63, 3.8) is 0 Å². The van der Waals surface area contributed by atoms with Gasteiger partial charge in [-0.25, -0.2) is 13.1 Å². The standard InChI is InChI=1S/C12H16BrNO3S3/c13-11-5-9(7-15)1-2-12(11)20(16,17)14-6-10-8-18-3-4-19-10/h1-2,5,10,14-15H,3-4,6-8H2. The summed E-state index contributed by atoms with van der Waals surface area (Å²) in [6.07, 6.45) is 0. The number of aliphatic hydroxyl groups excluding tert-OH is 1. The van der Waals surface area contributed by atoms with Gasteiger partial charge in [-0.3, -0.25) is 0 Å². The molecule has 0 saturated carbocycles. The lowest BCUT2D eigenvalue weighted by Gasteiger charge is -2.21. The summed E-state index contributed by atoms with van der Waals surface area (Å²) in [6.45, 7) is 0.344. The molecule has 112 valence electrons. The SMILES string of the molecule is O=S(=O)(NCC1CSCCS1)c1ccc(CO)cc1Br. The van der Waals surface area contributed by atoms with Crippen LogP contribution in [0.2, 0.25) is 0 Å². The molecule has 1 fully saturated rings. The predicted molar refractivity (Wildman–Crippen MR) is 88.8 cm³/mol. The zero-order valence-electron chi connectivity index (χ0n) is 10.7. The number of benzene rings is 1. The number of rotatable bonds is 5. The maximum atomic E-state index is 12.3. The van der Waals surface area contributed by atoms with Crippen LogP contribution in [0.4, 0.5) is 0 Å². The Labute approximate surface area is 136 Å². The lowest BCUT2D eigenvalue weighted by molar-refractivity contribution is 0.281. The van der Waals surface area contributed by atoms with Crippen molar-refractivity contribution in [2.45, 2.75) is 16.8 Å². The summed E-state index contributed by atoms with van der Waals surface area (Å²) in [5.41, 5.74) is 0.676. The highest BCUT2D eigenvalue weighted by Gasteiger charge is 2.21. The molecule has 4 nitrogen and oxygen atoms in total. The number of hydrogen-bond donors (Lipinski definition) is 2. The van der Waals surface area contributed by atoms with Crippen LogP contribution in [0.15, 0.2) is 27.6 Å². The summed E-state index contributed by atoms with van der Waals surface area (Å²) < 4.78 is 27.7. The van der Waals surface area contributed by atoms with Gasteiger partial charge in [-0.1, -0.05) is 6.07 Å². The number of thioether (sulfide) groups is 2. The van der Waals surface area contributed by atoms with E-state index in [1.165, 1.54) is 6.07 Å². The lowest BCUT2D eigenvalue weighted by atomic mass is 10.2. The fourth-order valence-electron chi connectivity index (χ4n) is 1.80. The second-order valence-electron chi connectivity index (χ2n) is 4.34. The van der Waals surface area contributed by atoms with Crippen LogP contribution in [-0.2, 0) is 16.6 Å². The Morgan fingerprint density at radius 3 is 2.80 bits per heavy atom. The molecule has 1 heterocycles. The summed E-state index contributed by atoms with van der Waals surface area (Å²) in [5.74, 6) is 3.20. The van der Waals surface area contributed by atoms with Gasteiger partial charge in [0.05, 0.1) is 11.5 Å². The van der Waals surface area contributed by atoms with Crippen LogP contribution >= 0.6 is 39.5 Å². The quantitative estimate of drug-likeness (QED) is 0.795. The Morgan fingerprint density at radius 1 is 1.40 bits per heavy atom. The normalized spacial score (nSPS) is 20.0. The van der Waals surface area contributed by atoms with E-state index in [1.54, 1.807) is 12.1 Å². The minimum Gasteiger partial charge on any atom is -0.392 e. The summed E-state index contributed by atoms with van der Waals surface area (Å²) in [6, 6.07) is 4.76. The maximum absolute atomic E-state index is 12.3. The van der Waals surface area contributed by atoms with Gasteiger partial charge < -0.3 is 5.11 Å². The predicted octanol–water partition coefficient (Wildman–Crippen LogP) is 2.07. The highest BCUT2D eigenvalue weighted by Crippen LogP contribution is 2.26. The molecule has 0 radical (unpaired) electrons. The van der Waals surface area contributed by atoms with E-state index >= 15 is 0 Å². The number of sulfonamides is 1. The van der Waals surface area contributed by atoms with E-state index < -0.39 is 10.0 Å². The molecule has 8 heteroatoms. The second kappa shape index (κ2) is 7.51. The van der Waals surface area contributed by atoms with Gasteiger partial charge in [0.1, 0.15) is 0 Å². The molecular formula is C12H16BrNO3S3. The van der Waals surface area contributed by atoms with Crippen LogP contribution in [-0.4, -0.2) is 42.6 Å². The minimum absolute atomic E-state index is 0.109. The van der Waals surface area contributed by atoms with E-state index in [-0.39, 0.29) is 11.5 Å². The molecule has 20 heavy (non-hydrogen) atoms. The molecule has 1 aliphatic rings. The Balaban J connectivity index is 2.05. The van der Waals surface area contributed by atoms with Gasteiger partial charge in [-0.15, -0.1) is 0 Å².